The summed E-state index contributed by atoms with van der Waals surface area (Å²) in [6, 6.07) is 6.78. The molecule has 0 bridgehead atoms. The Morgan fingerprint density at radius 2 is 1.80 bits per heavy atom. The van der Waals surface area contributed by atoms with Crippen LogP contribution in [-0.4, -0.2) is 19.1 Å². The van der Waals surface area contributed by atoms with Gasteiger partial charge in [-0.2, -0.15) is 13.2 Å². The van der Waals surface area contributed by atoms with Crippen LogP contribution in [-0.2, 0) is 6.18 Å². The molecule has 1 unspecified atom stereocenters. The average molecular weight is 301 g/mol. The molecule has 1 heterocycles. The SMILES string of the molecule is CN(C)c1ccc(C(N)c2cnc(C(F)(F)F)s2)cc1. The largest absolute Gasteiger partial charge is 0.443 e. The summed E-state index contributed by atoms with van der Waals surface area (Å²) in [5.41, 5.74) is 7.75. The molecular weight excluding hydrogens is 287 g/mol. The number of thiazole rings is 1. The zero-order valence-electron chi connectivity index (χ0n) is 11.0. The van der Waals surface area contributed by atoms with Crippen LogP contribution in [0.2, 0.25) is 0 Å². The third kappa shape index (κ3) is 3.10. The monoisotopic (exact) mass is 301 g/mol. The van der Waals surface area contributed by atoms with Crippen LogP contribution in [0.3, 0.4) is 0 Å². The van der Waals surface area contributed by atoms with Crippen LogP contribution in [0, 0.1) is 0 Å². The van der Waals surface area contributed by atoms with Crippen LogP contribution in [0.4, 0.5) is 18.9 Å². The van der Waals surface area contributed by atoms with Gasteiger partial charge in [-0.1, -0.05) is 12.1 Å². The van der Waals surface area contributed by atoms with Crippen molar-refractivity contribution in [1.29, 1.82) is 0 Å². The second kappa shape index (κ2) is 5.41. The van der Waals surface area contributed by atoms with E-state index in [0.29, 0.717) is 16.2 Å². The Hall–Kier alpha value is -1.60. The van der Waals surface area contributed by atoms with E-state index in [4.69, 9.17) is 5.73 Å². The lowest BCUT2D eigenvalue weighted by molar-refractivity contribution is -0.137. The van der Waals surface area contributed by atoms with Gasteiger partial charge in [0.05, 0.1) is 6.04 Å². The van der Waals surface area contributed by atoms with Crippen molar-refractivity contribution < 1.29 is 13.2 Å². The fraction of sp³-hybridized carbons (Fsp3) is 0.308. The number of aromatic nitrogens is 1. The van der Waals surface area contributed by atoms with Gasteiger partial charge in [0.2, 0.25) is 0 Å². The molecule has 1 atom stereocenters. The summed E-state index contributed by atoms with van der Waals surface area (Å²) in [4.78, 5) is 5.72. The van der Waals surface area contributed by atoms with Crippen molar-refractivity contribution in [3.05, 3.63) is 45.9 Å². The van der Waals surface area contributed by atoms with E-state index < -0.39 is 17.2 Å². The maximum atomic E-state index is 12.5. The fourth-order valence-electron chi connectivity index (χ4n) is 1.71. The Kier molecular flexibility index (Phi) is 4.01. The van der Waals surface area contributed by atoms with E-state index in [2.05, 4.69) is 4.98 Å². The highest BCUT2D eigenvalue weighted by atomic mass is 32.1. The highest BCUT2D eigenvalue weighted by molar-refractivity contribution is 7.11. The molecule has 0 fully saturated rings. The Balaban J connectivity index is 2.22. The molecule has 0 spiro atoms. The predicted octanol–water partition coefficient (Wildman–Crippen LogP) is 3.28. The molecule has 2 aromatic rings. The molecule has 0 saturated carbocycles. The number of nitrogens with zero attached hydrogens (tertiary/aromatic N) is 2. The Labute approximate surface area is 118 Å². The number of alkyl halides is 3. The molecule has 3 nitrogen and oxygen atoms in total. The highest BCUT2D eigenvalue weighted by Gasteiger charge is 2.35. The maximum Gasteiger partial charge on any atom is 0.443 e. The second-order valence-electron chi connectivity index (χ2n) is 4.53. The van der Waals surface area contributed by atoms with Crippen molar-refractivity contribution in [2.75, 3.05) is 19.0 Å². The minimum atomic E-state index is -4.42. The van der Waals surface area contributed by atoms with Crippen LogP contribution in [0.5, 0.6) is 0 Å². The first-order chi connectivity index (χ1) is 9.29. The van der Waals surface area contributed by atoms with E-state index in [0.717, 1.165) is 11.3 Å². The van der Waals surface area contributed by atoms with Crippen LogP contribution < -0.4 is 10.6 Å². The highest BCUT2D eigenvalue weighted by Crippen LogP contribution is 2.35. The van der Waals surface area contributed by atoms with Gasteiger partial charge in [-0.3, -0.25) is 0 Å². The molecule has 0 aliphatic heterocycles. The lowest BCUT2D eigenvalue weighted by Gasteiger charge is -2.14. The van der Waals surface area contributed by atoms with E-state index in [9.17, 15) is 13.2 Å². The first-order valence-electron chi connectivity index (χ1n) is 5.85. The van der Waals surface area contributed by atoms with Crippen LogP contribution in [0.25, 0.3) is 0 Å². The smallest absolute Gasteiger partial charge is 0.378 e. The number of halogens is 3. The van der Waals surface area contributed by atoms with E-state index >= 15 is 0 Å². The summed E-state index contributed by atoms with van der Waals surface area (Å²) in [6.45, 7) is 0. The summed E-state index contributed by atoms with van der Waals surface area (Å²) in [6.07, 6.45) is -3.23. The molecule has 108 valence electrons. The van der Waals surface area contributed by atoms with Crippen molar-refractivity contribution in [3.8, 4) is 0 Å². The number of anilines is 1. The third-order valence-electron chi connectivity index (χ3n) is 2.84. The normalized spacial score (nSPS) is 13.3. The molecule has 0 aliphatic rings. The summed E-state index contributed by atoms with van der Waals surface area (Å²) >= 11 is 0.582. The van der Waals surface area contributed by atoms with E-state index in [1.54, 1.807) is 0 Å². The van der Waals surface area contributed by atoms with Crippen molar-refractivity contribution in [2.45, 2.75) is 12.2 Å². The summed E-state index contributed by atoms with van der Waals surface area (Å²) in [7, 11) is 3.82. The van der Waals surface area contributed by atoms with Gasteiger partial charge < -0.3 is 10.6 Å². The van der Waals surface area contributed by atoms with Crippen LogP contribution in [0.1, 0.15) is 21.5 Å². The standard InChI is InChI=1S/C13H14F3N3S/c1-19(2)9-5-3-8(4-6-9)11(17)10-7-18-12(20-10)13(14,15)16/h3-7,11H,17H2,1-2H3. The van der Waals surface area contributed by atoms with Crippen molar-refractivity contribution in [3.63, 3.8) is 0 Å². The molecule has 1 aromatic carbocycles. The minimum Gasteiger partial charge on any atom is -0.378 e. The summed E-state index contributed by atoms with van der Waals surface area (Å²) in [5.74, 6) is 0. The summed E-state index contributed by atoms with van der Waals surface area (Å²) < 4.78 is 37.5. The average Bonchev–Trinajstić information content (AvgIpc) is 2.87. The van der Waals surface area contributed by atoms with Gasteiger partial charge in [0, 0.05) is 30.9 Å². The topological polar surface area (TPSA) is 42.1 Å². The first kappa shape index (κ1) is 14.8. The number of nitrogens with two attached hydrogens (primary N) is 1. The number of benzene rings is 1. The van der Waals surface area contributed by atoms with E-state index in [1.807, 2.05) is 43.3 Å². The van der Waals surface area contributed by atoms with Gasteiger partial charge in [-0.25, -0.2) is 4.98 Å². The molecule has 2 N–H and O–H groups in total. The van der Waals surface area contributed by atoms with Gasteiger partial charge in [0.15, 0.2) is 5.01 Å². The molecule has 7 heteroatoms. The Bertz CT molecular complexity index is 575. The van der Waals surface area contributed by atoms with E-state index in [1.165, 1.54) is 6.20 Å². The second-order valence-corrected chi connectivity index (χ2v) is 5.59. The van der Waals surface area contributed by atoms with Crippen LogP contribution in [0.15, 0.2) is 30.5 Å². The van der Waals surface area contributed by atoms with Crippen molar-refractivity contribution >= 4 is 17.0 Å². The summed E-state index contributed by atoms with van der Waals surface area (Å²) in [5, 5.41) is -0.868. The molecule has 0 saturated heterocycles. The predicted molar refractivity (Wildman–Crippen MR) is 73.9 cm³/mol. The molecule has 0 amide bonds. The zero-order valence-corrected chi connectivity index (χ0v) is 11.8. The molecular formula is C13H14F3N3S. The fourth-order valence-corrected chi connectivity index (χ4v) is 2.52. The molecule has 1 aromatic heterocycles. The minimum absolute atomic E-state index is 0.398. The van der Waals surface area contributed by atoms with Crippen molar-refractivity contribution in [1.82, 2.24) is 4.98 Å². The van der Waals surface area contributed by atoms with Gasteiger partial charge in [-0.05, 0) is 17.7 Å². The van der Waals surface area contributed by atoms with Gasteiger partial charge >= 0.3 is 6.18 Å². The Morgan fingerprint density at radius 3 is 2.25 bits per heavy atom. The third-order valence-corrected chi connectivity index (χ3v) is 3.97. The lowest BCUT2D eigenvalue weighted by atomic mass is 10.1. The maximum absolute atomic E-state index is 12.5. The number of hydrogen-bond acceptors (Lipinski definition) is 4. The zero-order chi connectivity index (χ0) is 14.9. The Morgan fingerprint density at radius 1 is 1.20 bits per heavy atom. The van der Waals surface area contributed by atoms with Crippen LogP contribution >= 0.6 is 11.3 Å². The van der Waals surface area contributed by atoms with Crippen molar-refractivity contribution in [2.24, 2.45) is 5.73 Å². The molecule has 20 heavy (non-hydrogen) atoms. The lowest BCUT2D eigenvalue weighted by Crippen LogP contribution is -2.12. The van der Waals surface area contributed by atoms with Gasteiger partial charge in [0.1, 0.15) is 0 Å². The van der Waals surface area contributed by atoms with E-state index in [-0.39, 0.29) is 0 Å². The quantitative estimate of drug-likeness (QED) is 0.946. The first-order valence-corrected chi connectivity index (χ1v) is 6.66. The number of hydrogen-bond donors (Lipinski definition) is 1. The van der Waals surface area contributed by atoms with Gasteiger partial charge in [-0.15, -0.1) is 11.3 Å². The molecule has 2 rings (SSSR count). The van der Waals surface area contributed by atoms with Gasteiger partial charge in [0.25, 0.3) is 0 Å². The molecule has 0 radical (unpaired) electrons. The number of rotatable bonds is 3. The molecule has 0 aliphatic carbocycles.